The van der Waals surface area contributed by atoms with Crippen molar-refractivity contribution in [3.63, 3.8) is 0 Å². The molecule has 1 heterocycles. The Morgan fingerprint density at radius 2 is 1.58 bits per heavy atom. The Balaban J connectivity index is 2.38. The molecule has 0 fully saturated rings. The van der Waals surface area contributed by atoms with Crippen molar-refractivity contribution in [1.29, 1.82) is 0 Å². The summed E-state index contributed by atoms with van der Waals surface area (Å²) < 4.78 is 45.2. The first-order valence-electron chi connectivity index (χ1n) is 5.11. The smallest absolute Gasteiger partial charge is 0.229 e. The van der Waals surface area contributed by atoms with Crippen molar-refractivity contribution in [2.45, 2.75) is 5.16 Å². The van der Waals surface area contributed by atoms with E-state index >= 15 is 0 Å². The maximum Gasteiger partial charge on any atom is 0.268 e. The van der Waals surface area contributed by atoms with E-state index in [0.717, 1.165) is 0 Å². The summed E-state index contributed by atoms with van der Waals surface area (Å²) in [6.07, 6.45) is 0. The van der Waals surface area contributed by atoms with Crippen molar-refractivity contribution in [3.8, 4) is 0 Å². The van der Waals surface area contributed by atoms with Gasteiger partial charge in [-0.1, -0.05) is 12.1 Å². The van der Waals surface area contributed by atoms with Crippen molar-refractivity contribution in [2.24, 2.45) is 5.14 Å². The fourth-order valence-electron chi connectivity index (χ4n) is 1.31. The predicted octanol–water partition coefficient (Wildman–Crippen LogP) is -0.913. The molecule has 0 unspecified atom stereocenters. The predicted molar refractivity (Wildman–Crippen MR) is 67.4 cm³/mol. The molecule has 19 heavy (non-hydrogen) atoms. The molecule has 0 saturated heterocycles. The molecule has 0 aliphatic heterocycles. The molecule has 0 aliphatic carbocycles. The summed E-state index contributed by atoms with van der Waals surface area (Å²) in [4.78, 5) is 3.85. The zero-order valence-electron chi connectivity index (χ0n) is 9.59. The lowest BCUT2D eigenvalue weighted by Gasteiger charge is -2.02. The van der Waals surface area contributed by atoms with Crippen LogP contribution in [0.2, 0.25) is 0 Å². The third kappa shape index (κ3) is 3.43. The summed E-state index contributed by atoms with van der Waals surface area (Å²) in [5.74, 6) is -1.36. The van der Waals surface area contributed by atoms with Crippen LogP contribution in [-0.4, -0.2) is 43.5 Å². The summed E-state index contributed by atoms with van der Waals surface area (Å²) in [6, 6.07) is 6.62. The fraction of sp³-hybridized carbons (Fsp3) is 0.222. The second-order valence-electron chi connectivity index (χ2n) is 3.77. The number of nitrogens with two attached hydrogens (primary N) is 1. The van der Waals surface area contributed by atoms with Gasteiger partial charge < -0.3 is 0 Å². The lowest BCUT2D eigenvalue weighted by atomic mass is 10.3. The molecule has 0 saturated carbocycles. The van der Waals surface area contributed by atoms with E-state index < -0.39 is 36.5 Å². The maximum atomic E-state index is 11.8. The highest BCUT2D eigenvalue weighted by Crippen LogP contribution is 2.10. The average Bonchev–Trinajstić information content (AvgIpc) is 2.35. The summed E-state index contributed by atoms with van der Waals surface area (Å²) in [5, 5.41) is 11.5. The molecule has 0 bridgehead atoms. The van der Waals surface area contributed by atoms with Gasteiger partial charge in [0.25, 0.3) is 5.16 Å². The Morgan fingerprint density at radius 3 is 2.21 bits per heavy atom. The Morgan fingerprint density at radius 1 is 0.947 bits per heavy atom. The largest absolute Gasteiger partial charge is 0.268 e. The highest BCUT2D eigenvalue weighted by molar-refractivity contribution is 7.94. The minimum atomic E-state index is -3.93. The van der Waals surface area contributed by atoms with Crippen LogP contribution >= 0.6 is 0 Å². The molecule has 0 amide bonds. The number of sulfonamides is 1. The van der Waals surface area contributed by atoms with Gasteiger partial charge in [0, 0.05) is 0 Å². The van der Waals surface area contributed by atoms with Crippen LogP contribution in [-0.2, 0) is 19.9 Å². The first-order chi connectivity index (χ1) is 8.78. The van der Waals surface area contributed by atoms with E-state index in [1.165, 1.54) is 0 Å². The van der Waals surface area contributed by atoms with Gasteiger partial charge in [0.05, 0.1) is 17.0 Å². The van der Waals surface area contributed by atoms with Gasteiger partial charge in [0.1, 0.15) is 5.52 Å². The first-order valence-corrected chi connectivity index (χ1v) is 8.47. The van der Waals surface area contributed by atoms with Crippen LogP contribution in [0.3, 0.4) is 0 Å². The zero-order valence-corrected chi connectivity index (χ0v) is 11.2. The van der Waals surface area contributed by atoms with Gasteiger partial charge in [-0.2, -0.15) is 0 Å². The van der Waals surface area contributed by atoms with Crippen LogP contribution in [0.25, 0.3) is 11.0 Å². The third-order valence-electron chi connectivity index (χ3n) is 2.26. The molecule has 1 aromatic carbocycles. The molecular formula is C9H10N4O4S2. The summed E-state index contributed by atoms with van der Waals surface area (Å²) >= 11 is 0. The molecular weight excluding hydrogens is 292 g/mol. The second kappa shape index (κ2) is 4.79. The van der Waals surface area contributed by atoms with Crippen LogP contribution in [0.15, 0.2) is 29.4 Å². The van der Waals surface area contributed by atoms with E-state index in [1.54, 1.807) is 24.3 Å². The highest BCUT2D eigenvalue weighted by Gasteiger charge is 2.21. The number of hydrogen-bond acceptors (Lipinski definition) is 7. The van der Waals surface area contributed by atoms with E-state index in [-0.39, 0.29) is 0 Å². The number of primary sulfonamides is 1. The van der Waals surface area contributed by atoms with E-state index in [2.05, 4.69) is 15.2 Å². The molecule has 2 N–H and O–H groups in total. The lowest BCUT2D eigenvalue weighted by molar-refractivity contribution is 0.581. The molecule has 102 valence electrons. The van der Waals surface area contributed by atoms with Crippen LogP contribution in [0.1, 0.15) is 0 Å². The maximum absolute atomic E-state index is 11.8. The molecule has 8 nitrogen and oxygen atoms in total. The lowest BCUT2D eigenvalue weighted by Crippen LogP contribution is -2.24. The van der Waals surface area contributed by atoms with E-state index in [9.17, 15) is 16.8 Å². The minimum Gasteiger partial charge on any atom is -0.229 e. The molecule has 1 aromatic heterocycles. The number of sulfone groups is 1. The SMILES string of the molecule is NS(=O)(=O)CCS(=O)(=O)c1nnc2ccccc2n1. The second-order valence-corrected chi connectivity index (χ2v) is 7.51. The number of benzene rings is 1. The van der Waals surface area contributed by atoms with Gasteiger partial charge in [-0.25, -0.2) is 27.0 Å². The van der Waals surface area contributed by atoms with Gasteiger partial charge in [0.15, 0.2) is 0 Å². The van der Waals surface area contributed by atoms with Crippen molar-refractivity contribution in [2.75, 3.05) is 11.5 Å². The molecule has 10 heteroatoms. The van der Waals surface area contributed by atoms with Crippen molar-refractivity contribution < 1.29 is 16.8 Å². The van der Waals surface area contributed by atoms with Crippen LogP contribution < -0.4 is 5.14 Å². The van der Waals surface area contributed by atoms with Gasteiger partial charge in [0.2, 0.25) is 19.9 Å². The topological polar surface area (TPSA) is 133 Å². The zero-order chi connectivity index (χ0) is 14.1. The Kier molecular flexibility index (Phi) is 3.47. The number of rotatable bonds is 4. The monoisotopic (exact) mass is 302 g/mol. The Bertz CT molecular complexity index is 817. The average molecular weight is 302 g/mol. The highest BCUT2D eigenvalue weighted by atomic mass is 32.2. The minimum absolute atomic E-state index is 0.367. The van der Waals surface area contributed by atoms with Crippen molar-refractivity contribution >= 4 is 30.9 Å². The number of aromatic nitrogens is 3. The molecule has 0 atom stereocenters. The van der Waals surface area contributed by atoms with Crippen LogP contribution in [0, 0.1) is 0 Å². The molecule has 2 rings (SSSR count). The van der Waals surface area contributed by atoms with Crippen LogP contribution in [0.5, 0.6) is 0 Å². The van der Waals surface area contributed by atoms with E-state index in [0.29, 0.717) is 11.0 Å². The first kappa shape index (κ1) is 13.8. The summed E-state index contributed by atoms with van der Waals surface area (Å²) in [7, 11) is -7.79. The molecule has 2 aromatic rings. The van der Waals surface area contributed by atoms with Gasteiger partial charge >= 0.3 is 0 Å². The van der Waals surface area contributed by atoms with Crippen molar-refractivity contribution in [3.05, 3.63) is 24.3 Å². The molecule has 0 radical (unpaired) electrons. The molecule has 0 spiro atoms. The van der Waals surface area contributed by atoms with Gasteiger partial charge in [-0.3, -0.25) is 0 Å². The van der Waals surface area contributed by atoms with Crippen molar-refractivity contribution in [1.82, 2.24) is 15.2 Å². The quantitative estimate of drug-likeness (QED) is 0.772. The normalized spacial score (nSPS) is 12.7. The fourth-order valence-corrected chi connectivity index (χ4v) is 3.71. The Labute approximate surface area is 109 Å². The van der Waals surface area contributed by atoms with Gasteiger partial charge in [-0.15, -0.1) is 10.2 Å². The standard InChI is InChI=1S/C9H10N4O4S2/c10-19(16,17)6-5-18(14,15)9-11-7-3-1-2-4-8(7)12-13-9/h1-4H,5-6H2,(H2,10,16,17). The number of fused-ring (bicyclic) bond motifs is 1. The number of nitrogens with zero attached hydrogens (tertiary/aromatic N) is 3. The molecule has 0 aliphatic rings. The summed E-state index contributed by atoms with van der Waals surface area (Å²) in [6.45, 7) is 0. The number of hydrogen-bond donors (Lipinski definition) is 1. The van der Waals surface area contributed by atoms with E-state index in [4.69, 9.17) is 5.14 Å². The summed E-state index contributed by atoms with van der Waals surface area (Å²) in [5.41, 5.74) is 0.819. The van der Waals surface area contributed by atoms with E-state index in [1.807, 2.05) is 0 Å². The Hall–Kier alpha value is -1.65. The van der Waals surface area contributed by atoms with Gasteiger partial charge in [-0.05, 0) is 12.1 Å². The third-order valence-corrected chi connectivity index (χ3v) is 4.76. The van der Waals surface area contributed by atoms with Crippen LogP contribution in [0.4, 0.5) is 0 Å². The number of para-hydroxylation sites is 1.